The summed E-state index contributed by atoms with van der Waals surface area (Å²) in [5.74, 6) is -1.16. The highest BCUT2D eigenvalue weighted by atomic mass is 35.5. The third-order valence-corrected chi connectivity index (χ3v) is 2.87. The first-order valence-corrected chi connectivity index (χ1v) is 5.48. The van der Waals surface area contributed by atoms with Crippen molar-refractivity contribution in [2.75, 3.05) is 0 Å². The van der Waals surface area contributed by atoms with Gasteiger partial charge in [-0.2, -0.15) is 0 Å². The molecular formula is C12H9ClN2O3. The number of nitrogens with zero attached hydrogens (tertiary/aromatic N) is 1. The van der Waals surface area contributed by atoms with Gasteiger partial charge in [0.1, 0.15) is 0 Å². The first kappa shape index (κ1) is 12.3. The highest BCUT2D eigenvalue weighted by Crippen LogP contribution is 2.28. The number of hydrogen-bond donors (Lipinski definition) is 2. The summed E-state index contributed by atoms with van der Waals surface area (Å²) in [6.07, 6.45) is 1.89. The molecule has 18 heavy (non-hydrogen) atoms. The minimum Gasteiger partial charge on any atom is -0.479 e. The highest BCUT2D eigenvalue weighted by Gasteiger charge is 2.22. The molecule has 0 fully saturated rings. The van der Waals surface area contributed by atoms with Crippen LogP contribution in [-0.4, -0.2) is 22.5 Å². The normalized spacial score (nSPS) is 12.1. The van der Waals surface area contributed by atoms with Gasteiger partial charge in [-0.15, -0.1) is 0 Å². The van der Waals surface area contributed by atoms with E-state index in [-0.39, 0.29) is 0 Å². The maximum Gasteiger partial charge on any atom is 0.330 e. The number of carbonyl (C=O) groups excluding carboxylic acids is 1. The summed E-state index contributed by atoms with van der Waals surface area (Å²) in [4.78, 5) is 25.7. The molecule has 0 saturated heterocycles. The second kappa shape index (κ2) is 5.01. The van der Waals surface area contributed by atoms with E-state index in [1.54, 1.807) is 30.5 Å². The fraction of sp³-hybridized carbons (Fsp3) is 0.0833. The molecule has 0 aliphatic rings. The number of carboxylic acid groups (broad SMARTS) is 1. The molecule has 0 radical (unpaired) electrons. The van der Waals surface area contributed by atoms with Crippen molar-refractivity contribution in [3.8, 4) is 0 Å². The summed E-state index contributed by atoms with van der Waals surface area (Å²) in [7, 11) is 0. The predicted molar refractivity (Wildman–Crippen MR) is 66.3 cm³/mol. The molecule has 0 aliphatic heterocycles. The van der Waals surface area contributed by atoms with Crippen LogP contribution in [0.3, 0.4) is 0 Å². The van der Waals surface area contributed by atoms with Gasteiger partial charge in [-0.25, -0.2) is 4.79 Å². The highest BCUT2D eigenvalue weighted by molar-refractivity contribution is 6.35. The van der Waals surface area contributed by atoms with Gasteiger partial charge in [0, 0.05) is 22.2 Å². The minimum absolute atomic E-state index is 0.349. The summed E-state index contributed by atoms with van der Waals surface area (Å²) in [5.41, 5.74) is 0.862. The quantitative estimate of drug-likeness (QED) is 0.825. The number of carbonyl (C=O) groups is 2. The van der Waals surface area contributed by atoms with Crippen molar-refractivity contribution in [3.05, 3.63) is 41.0 Å². The van der Waals surface area contributed by atoms with E-state index in [1.807, 2.05) is 0 Å². The van der Waals surface area contributed by atoms with Gasteiger partial charge >= 0.3 is 5.97 Å². The van der Waals surface area contributed by atoms with Crippen LogP contribution in [0.4, 0.5) is 0 Å². The van der Waals surface area contributed by atoms with Crippen molar-refractivity contribution < 1.29 is 14.7 Å². The van der Waals surface area contributed by atoms with Gasteiger partial charge in [-0.1, -0.05) is 17.7 Å². The average Bonchev–Trinajstić information content (AvgIpc) is 2.37. The average molecular weight is 265 g/mol. The fourth-order valence-electron chi connectivity index (χ4n) is 1.75. The lowest BCUT2D eigenvalue weighted by molar-refractivity contribution is -0.140. The molecule has 0 saturated carbocycles. The second-order valence-electron chi connectivity index (χ2n) is 3.59. The fourth-order valence-corrected chi connectivity index (χ4v) is 1.97. The summed E-state index contributed by atoms with van der Waals surface area (Å²) < 4.78 is 0. The third-order valence-electron chi connectivity index (χ3n) is 2.54. The Labute approximate surface area is 107 Å². The largest absolute Gasteiger partial charge is 0.479 e. The maximum atomic E-state index is 11.1. The molecule has 0 bridgehead atoms. The molecule has 1 unspecified atom stereocenters. The lowest BCUT2D eigenvalue weighted by Gasteiger charge is -2.14. The Morgan fingerprint density at radius 3 is 2.89 bits per heavy atom. The van der Waals surface area contributed by atoms with E-state index in [0.29, 0.717) is 27.9 Å². The molecule has 1 atom stereocenters. The van der Waals surface area contributed by atoms with Crippen LogP contribution in [0.25, 0.3) is 10.9 Å². The number of hydrogen-bond acceptors (Lipinski definition) is 3. The van der Waals surface area contributed by atoms with Crippen LogP contribution < -0.4 is 5.32 Å². The lowest BCUT2D eigenvalue weighted by atomic mass is 10.0. The van der Waals surface area contributed by atoms with Gasteiger partial charge in [0.15, 0.2) is 6.04 Å². The van der Waals surface area contributed by atoms with Gasteiger partial charge < -0.3 is 10.4 Å². The van der Waals surface area contributed by atoms with Crippen molar-refractivity contribution >= 4 is 34.9 Å². The molecule has 2 aromatic rings. The van der Waals surface area contributed by atoms with Gasteiger partial charge in [-0.3, -0.25) is 9.78 Å². The molecule has 2 N–H and O–H groups in total. The smallest absolute Gasteiger partial charge is 0.330 e. The van der Waals surface area contributed by atoms with E-state index >= 15 is 0 Å². The van der Waals surface area contributed by atoms with E-state index in [9.17, 15) is 9.59 Å². The Kier molecular flexibility index (Phi) is 3.43. The van der Waals surface area contributed by atoms with Crippen LogP contribution in [0.15, 0.2) is 30.5 Å². The Morgan fingerprint density at radius 2 is 2.22 bits per heavy atom. The van der Waals surface area contributed by atoms with Gasteiger partial charge in [0.25, 0.3) is 0 Å². The van der Waals surface area contributed by atoms with Crippen molar-refractivity contribution in [1.29, 1.82) is 0 Å². The summed E-state index contributed by atoms with van der Waals surface area (Å²) in [6, 6.07) is 5.45. The second-order valence-corrected chi connectivity index (χ2v) is 4.00. The molecule has 2 rings (SSSR count). The number of fused-ring (bicyclic) bond motifs is 1. The molecule has 1 heterocycles. The number of rotatable bonds is 4. The Balaban J connectivity index is 2.66. The monoisotopic (exact) mass is 264 g/mol. The molecule has 92 valence electrons. The van der Waals surface area contributed by atoms with Crippen LogP contribution in [0.5, 0.6) is 0 Å². The van der Waals surface area contributed by atoms with Crippen LogP contribution >= 0.6 is 11.6 Å². The predicted octanol–water partition coefficient (Wildman–Crippen LogP) is 1.76. The third kappa shape index (κ3) is 2.12. The first-order valence-electron chi connectivity index (χ1n) is 5.10. The van der Waals surface area contributed by atoms with Gasteiger partial charge in [-0.05, 0) is 18.2 Å². The van der Waals surface area contributed by atoms with Gasteiger partial charge in [0.05, 0.1) is 5.52 Å². The van der Waals surface area contributed by atoms with E-state index in [0.717, 1.165) is 0 Å². The Bertz CT molecular complexity index is 615. The summed E-state index contributed by atoms with van der Waals surface area (Å²) >= 11 is 6.01. The number of benzene rings is 1. The molecule has 0 aliphatic carbocycles. The molecular weight excluding hydrogens is 256 g/mol. The first-order chi connectivity index (χ1) is 8.65. The zero-order valence-electron chi connectivity index (χ0n) is 9.13. The SMILES string of the molecule is O=CNC(C(=O)O)c1ccc(Cl)c2cccnc12. The summed E-state index contributed by atoms with van der Waals surface area (Å²) in [5, 5.41) is 12.5. The number of carboxylic acids is 1. The Morgan fingerprint density at radius 1 is 1.44 bits per heavy atom. The number of nitrogens with one attached hydrogen (secondary N) is 1. The number of halogens is 1. The van der Waals surface area contributed by atoms with E-state index < -0.39 is 12.0 Å². The summed E-state index contributed by atoms with van der Waals surface area (Å²) in [6.45, 7) is 0. The van der Waals surface area contributed by atoms with Crippen molar-refractivity contribution in [2.24, 2.45) is 0 Å². The van der Waals surface area contributed by atoms with E-state index in [4.69, 9.17) is 16.7 Å². The minimum atomic E-state index is -1.16. The molecule has 1 aromatic carbocycles. The zero-order valence-corrected chi connectivity index (χ0v) is 9.89. The maximum absolute atomic E-state index is 11.1. The van der Waals surface area contributed by atoms with E-state index in [2.05, 4.69) is 10.3 Å². The van der Waals surface area contributed by atoms with Crippen molar-refractivity contribution in [3.63, 3.8) is 0 Å². The van der Waals surface area contributed by atoms with Crippen LogP contribution in [0.2, 0.25) is 5.02 Å². The number of amides is 1. The molecule has 1 amide bonds. The van der Waals surface area contributed by atoms with Gasteiger partial charge in [0.2, 0.25) is 6.41 Å². The van der Waals surface area contributed by atoms with Crippen LogP contribution in [-0.2, 0) is 9.59 Å². The lowest BCUT2D eigenvalue weighted by Crippen LogP contribution is -2.27. The number of pyridine rings is 1. The Hall–Kier alpha value is -2.14. The zero-order chi connectivity index (χ0) is 13.1. The standard InChI is InChI=1S/C12H9ClN2O3/c13-9-4-3-8(11(12(17)18)15-6-16)10-7(9)2-1-5-14-10/h1-6,11H,(H,15,16)(H,17,18). The molecule has 0 spiro atoms. The molecule has 6 heteroatoms. The van der Waals surface area contributed by atoms with E-state index in [1.165, 1.54) is 0 Å². The number of aromatic nitrogens is 1. The van der Waals surface area contributed by atoms with Crippen molar-refractivity contribution in [2.45, 2.75) is 6.04 Å². The van der Waals surface area contributed by atoms with Crippen LogP contribution in [0, 0.1) is 0 Å². The molecule has 1 aromatic heterocycles. The number of aliphatic carboxylic acids is 1. The topological polar surface area (TPSA) is 79.3 Å². The van der Waals surface area contributed by atoms with Crippen molar-refractivity contribution in [1.82, 2.24) is 10.3 Å². The molecule has 5 nitrogen and oxygen atoms in total. The van der Waals surface area contributed by atoms with Crippen LogP contribution in [0.1, 0.15) is 11.6 Å².